The predicted molar refractivity (Wildman–Crippen MR) is 63.0 cm³/mol. The average Bonchev–Trinajstić information content (AvgIpc) is 2.23. The highest BCUT2D eigenvalue weighted by Crippen LogP contribution is 1.99. The monoisotopic (exact) mass is 214 g/mol. The van der Waals surface area contributed by atoms with Gasteiger partial charge in [-0.2, -0.15) is 0 Å². The van der Waals surface area contributed by atoms with E-state index in [4.69, 9.17) is 13.7 Å². The van der Waals surface area contributed by atoms with Gasteiger partial charge in [-0.15, -0.1) is 0 Å². The lowest BCUT2D eigenvalue weighted by molar-refractivity contribution is 0.0322. The van der Waals surface area contributed by atoms with Gasteiger partial charge in [-0.25, -0.2) is 0 Å². The maximum absolute atomic E-state index is 9.50. The summed E-state index contributed by atoms with van der Waals surface area (Å²) in [6.07, 6.45) is 1.91. The van der Waals surface area contributed by atoms with Crippen LogP contribution in [0.2, 0.25) is 0 Å². The SMILES string of the molecule is [B]NC(NCCC)(NCCCC)C(N)O. The lowest BCUT2D eigenvalue weighted by Crippen LogP contribution is -2.74. The maximum Gasteiger partial charge on any atom is 0.182 e. The molecule has 0 spiro atoms. The molecule has 0 aliphatic carbocycles. The Balaban J connectivity index is 4.23. The fraction of sp³-hybridized carbons (Fsp3) is 1.00. The zero-order valence-corrected chi connectivity index (χ0v) is 9.71. The first kappa shape index (κ1) is 14.9. The third kappa shape index (κ3) is 4.95. The van der Waals surface area contributed by atoms with Gasteiger partial charge < -0.3 is 16.1 Å². The molecule has 0 fully saturated rings. The number of aliphatic hydroxyl groups excluding tert-OH is 1. The molecule has 0 rings (SSSR count). The largest absolute Gasteiger partial charge is 0.374 e. The predicted octanol–water partition coefficient (Wildman–Crippen LogP) is -1.02. The molecular weight excluding hydrogens is 191 g/mol. The minimum Gasteiger partial charge on any atom is -0.374 e. The lowest BCUT2D eigenvalue weighted by Gasteiger charge is -2.38. The van der Waals surface area contributed by atoms with Gasteiger partial charge in [-0.05, 0) is 25.9 Å². The van der Waals surface area contributed by atoms with E-state index in [9.17, 15) is 5.11 Å². The highest BCUT2D eigenvalue weighted by molar-refractivity contribution is 6.04. The molecule has 0 aliphatic heterocycles. The zero-order valence-electron chi connectivity index (χ0n) is 9.71. The molecule has 6 N–H and O–H groups in total. The zero-order chi connectivity index (χ0) is 11.7. The minimum atomic E-state index is -1.11. The Bertz CT molecular complexity index is 159. The van der Waals surface area contributed by atoms with Gasteiger partial charge in [-0.1, -0.05) is 20.3 Å². The molecule has 15 heavy (non-hydrogen) atoms. The van der Waals surface area contributed by atoms with Crippen LogP contribution in [-0.2, 0) is 0 Å². The van der Waals surface area contributed by atoms with Crippen molar-refractivity contribution in [2.24, 2.45) is 5.73 Å². The van der Waals surface area contributed by atoms with Crippen LogP contribution in [0.4, 0.5) is 0 Å². The highest BCUT2D eigenvalue weighted by atomic mass is 16.3. The highest BCUT2D eigenvalue weighted by Gasteiger charge is 2.31. The number of rotatable bonds is 9. The fourth-order valence-electron chi connectivity index (χ4n) is 1.24. The quantitative estimate of drug-likeness (QED) is 0.193. The molecule has 2 unspecified atom stereocenters. The molecule has 2 radical (unpaired) electrons. The van der Waals surface area contributed by atoms with Crippen molar-refractivity contribution in [2.75, 3.05) is 13.1 Å². The van der Waals surface area contributed by atoms with Gasteiger partial charge >= 0.3 is 0 Å². The van der Waals surface area contributed by atoms with Gasteiger partial charge in [0.25, 0.3) is 0 Å². The van der Waals surface area contributed by atoms with Crippen LogP contribution < -0.4 is 21.6 Å². The van der Waals surface area contributed by atoms with Gasteiger partial charge in [0.15, 0.2) is 13.8 Å². The van der Waals surface area contributed by atoms with Crippen molar-refractivity contribution in [3.8, 4) is 0 Å². The third-order valence-corrected chi connectivity index (χ3v) is 2.26. The number of hydrogen-bond acceptors (Lipinski definition) is 5. The van der Waals surface area contributed by atoms with Crippen molar-refractivity contribution in [3.63, 3.8) is 0 Å². The van der Waals surface area contributed by atoms with Crippen LogP contribution in [0.5, 0.6) is 0 Å². The number of nitrogens with one attached hydrogen (secondary N) is 3. The van der Waals surface area contributed by atoms with E-state index in [1.54, 1.807) is 0 Å². The van der Waals surface area contributed by atoms with Gasteiger partial charge in [0.2, 0.25) is 0 Å². The van der Waals surface area contributed by atoms with Crippen LogP contribution in [-0.4, -0.2) is 38.2 Å². The fourth-order valence-corrected chi connectivity index (χ4v) is 1.24. The van der Waals surface area contributed by atoms with E-state index < -0.39 is 12.0 Å². The first-order valence-corrected chi connectivity index (χ1v) is 5.54. The number of unbranched alkanes of at least 4 members (excludes halogenated alkanes) is 1. The van der Waals surface area contributed by atoms with E-state index in [-0.39, 0.29) is 0 Å². The first-order chi connectivity index (χ1) is 7.13. The van der Waals surface area contributed by atoms with Crippen molar-refractivity contribution in [1.29, 1.82) is 0 Å². The average molecular weight is 214 g/mol. The Labute approximate surface area is 93.6 Å². The van der Waals surface area contributed by atoms with E-state index in [1.807, 2.05) is 6.92 Å². The number of aliphatic hydroxyl groups is 1. The molecule has 0 saturated carbocycles. The number of nitrogens with two attached hydrogens (primary N) is 1. The second kappa shape index (κ2) is 8.07. The Hall–Kier alpha value is -0.135. The van der Waals surface area contributed by atoms with Gasteiger partial charge in [0, 0.05) is 0 Å². The lowest BCUT2D eigenvalue weighted by atomic mass is 10.2. The van der Waals surface area contributed by atoms with Crippen molar-refractivity contribution in [3.05, 3.63) is 0 Å². The summed E-state index contributed by atoms with van der Waals surface area (Å²) in [5.41, 5.74) is 5.49. The summed E-state index contributed by atoms with van der Waals surface area (Å²) in [6.45, 7) is 5.59. The smallest absolute Gasteiger partial charge is 0.182 e. The molecule has 0 aromatic carbocycles. The topological polar surface area (TPSA) is 82.3 Å². The van der Waals surface area contributed by atoms with E-state index >= 15 is 0 Å². The van der Waals surface area contributed by atoms with Crippen LogP contribution >= 0.6 is 0 Å². The van der Waals surface area contributed by atoms with E-state index in [0.29, 0.717) is 0 Å². The van der Waals surface area contributed by atoms with Gasteiger partial charge in [-0.3, -0.25) is 10.6 Å². The summed E-state index contributed by atoms with van der Waals surface area (Å²) in [7, 11) is 5.42. The minimum absolute atomic E-state index is 0.720. The molecule has 6 heteroatoms. The van der Waals surface area contributed by atoms with Crippen molar-refractivity contribution >= 4 is 7.98 Å². The summed E-state index contributed by atoms with van der Waals surface area (Å²) in [5, 5.41) is 18.2. The van der Waals surface area contributed by atoms with E-state index in [1.165, 1.54) is 0 Å². The maximum atomic E-state index is 9.50. The molecule has 2 atom stereocenters. The molecule has 0 bridgehead atoms. The molecule has 0 amide bonds. The summed E-state index contributed by atoms with van der Waals surface area (Å²) in [6, 6.07) is 0. The van der Waals surface area contributed by atoms with Crippen molar-refractivity contribution < 1.29 is 5.11 Å². The van der Waals surface area contributed by atoms with Crippen molar-refractivity contribution in [2.45, 2.75) is 45.1 Å². The molecule has 0 saturated heterocycles. The molecule has 0 aliphatic rings. The van der Waals surface area contributed by atoms with Crippen LogP contribution in [0.15, 0.2) is 0 Å². The summed E-state index contributed by atoms with van der Waals surface area (Å²) in [4.78, 5) is 0. The van der Waals surface area contributed by atoms with Gasteiger partial charge in [0.05, 0.1) is 0 Å². The standard InChI is InChI=1S/C9H23BN4O/c1-3-5-7-13-9(14-10,8(11)15)12-6-4-2/h8,12-15H,3-7,11H2,1-2H3. The van der Waals surface area contributed by atoms with E-state index in [0.717, 1.165) is 32.4 Å². The Morgan fingerprint density at radius 3 is 2.27 bits per heavy atom. The Morgan fingerprint density at radius 2 is 1.87 bits per heavy atom. The third-order valence-electron chi connectivity index (χ3n) is 2.26. The molecule has 5 nitrogen and oxygen atoms in total. The van der Waals surface area contributed by atoms with E-state index in [2.05, 4.69) is 22.8 Å². The first-order valence-electron chi connectivity index (χ1n) is 5.54. The summed E-state index contributed by atoms with van der Waals surface area (Å²) >= 11 is 0. The normalized spacial score (nSPS) is 17.3. The Kier molecular flexibility index (Phi) is 8.00. The van der Waals surface area contributed by atoms with Crippen LogP contribution in [0.3, 0.4) is 0 Å². The van der Waals surface area contributed by atoms with Crippen LogP contribution in [0.1, 0.15) is 33.1 Å². The van der Waals surface area contributed by atoms with Crippen molar-refractivity contribution in [1.82, 2.24) is 15.9 Å². The molecule has 0 heterocycles. The molecular formula is C9H23BN4O. The molecule has 0 aromatic heterocycles. The van der Waals surface area contributed by atoms with Crippen LogP contribution in [0, 0.1) is 0 Å². The van der Waals surface area contributed by atoms with Gasteiger partial charge in [0.1, 0.15) is 6.23 Å². The second-order valence-electron chi connectivity index (χ2n) is 3.60. The molecule has 0 aromatic rings. The van der Waals surface area contributed by atoms with Crippen LogP contribution in [0.25, 0.3) is 0 Å². The molecule has 88 valence electrons. The summed E-state index contributed by atoms with van der Waals surface area (Å²) < 4.78 is 0. The Morgan fingerprint density at radius 1 is 1.27 bits per heavy atom. The summed E-state index contributed by atoms with van der Waals surface area (Å²) in [5.74, 6) is -0.995. The second-order valence-corrected chi connectivity index (χ2v) is 3.60. The number of hydrogen-bond donors (Lipinski definition) is 5.